The zero-order chi connectivity index (χ0) is 25.9. The maximum absolute atomic E-state index is 12.2. The fourth-order valence-electron chi connectivity index (χ4n) is 3.37. The summed E-state index contributed by atoms with van der Waals surface area (Å²) >= 11 is 0. The van der Waals surface area contributed by atoms with Gasteiger partial charge in [0.2, 0.25) is 0 Å². The van der Waals surface area contributed by atoms with Crippen LogP contribution in [0.2, 0.25) is 0 Å². The Morgan fingerprint density at radius 1 is 1.03 bits per heavy atom. The van der Waals surface area contributed by atoms with E-state index in [9.17, 15) is 14.7 Å². The molecule has 194 valence electrons. The van der Waals surface area contributed by atoms with Gasteiger partial charge in [0.1, 0.15) is 5.60 Å². The van der Waals surface area contributed by atoms with Crippen molar-refractivity contribution >= 4 is 12.1 Å². The second kappa shape index (κ2) is 14.3. The number of hydrogen-bond donors (Lipinski definition) is 2. The second-order valence-electron chi connectivity index (χ2n) is 10.1. The number of nitrogens with one attached hydrogen (secondary N) is 1. The van der Waals surface area contributed by atoms with Crippen LogP contribution >= 0.6 is 0 Å². The summed E-state index contributed by atoms with van der Waals surface area (Å²) in [5.74, 6) is -0.505. The fourth-order valence-corrected chi connectivity index (χ4v) is 3.37. The lowest BCUT2D eigenvalue weighted by Crippen LogP contribution is -2.47. The third-order valence-corrected chi connectivity index (χ3v) is 4.97. The molecule has 0 heterocycles. The van der Waals surface area contributed by atoms with Gasteiger partial charge in [0, 0.05) is 12.5 Å². The predicted molar refractivity (Wildman–Crippen MR) is 131 cm³/mol. The standard InChI is InChI=1S/C26H43NO7/c1-17(2)14-33-23(19(4)28)21(13-20-11-9-18(3)10-12-20)15-32-16-22(24(29)31-8)27-25(30)34-26(5,6)7/h9-12,17,19,21-23,28H,13-16H2,1-8H3,(H,27,30)/t19-,21-,22?,23-/m0/s1. The molecule has 0 bridgehead atoms. The molecule has 0 saturated heterocycles. The summed E-state index contributed by atoms with van der Waals surface area (Å²) < 4.78 is 22.0. The van der Waals surface area contributed by atoms with Crippen molar-refractivity contribution in [2.75, 3.05) is 26.9 Å². The lowest BCUT2D eigenvalue weighted by molar-refractivity contribution is -0.145. The summed E-state index contributed by atoms with van der Waals surface area (Å²) in [6.45, 7) is 13.6. The summed E-state index contributed by atoms with van der Waals surface area (Å²) in [4.78, 5) is 24.3. The van der Waals surface area contributed by atoms with Crippen molar-refractivity contribution in [3.63, 3.8) is 0 Å². The zero-order valence-corrected chi connectivity index (χ0v) is 21.9. The molecule has 1 aromatic carbocycles. The van der Waals surface area contributed by atoms with Gasteiger partial charge in [-0.25, -0.2) is 9.59 Å². The number of aliphatic hydroxyl groups is 1. The van der Waals surface area contributed by atoms with Crippen LogP contribution in [-0.4, -0.2) is 68.0 Å². The van der Waals surface area contributed by atoms with Gasteiger partial charge in [-0.15, -0.1) is 0 Å². The Morgan fingerprint density at radius 2 is 1.65 bits per heavy atom. The predicted octanol–water partition coefficient (Wildman–Crippen LogP) is 3.66. The molecule has 0 aliphatic heterocycles. The lowest BCUT2D eigenvalue weighted by atomic mass is 9.91. The molecule has 4 atom stereocenters. The molecule has 1 rings (SSSR count). The number of esters is 1. The highest BCUT2D eigenvalue weighted by atomic mass is 16.6. The van der Waals surface area contributed by atoms with Crippen LogP contribution in [0.4, 0.5) is 4.79 Å². The number of aliphatic hydroxyl groups excluding tert-OH is 1. The monoisotopic (exact) mass is 481 g/mol. The van der Waals surface area contributed by atoms with Gasteiger partial charge in [-0.2, -0.15) is 0 Å². The van der Waals surface area contributed by atoms with Crippen molar-refractivity contribution in [2.45, 2.75) is 78.7 Å². The molecule has 0 aliphatic rings. The van der Waals surface area contributed by atoms with E-state index in [2.05, 4.69) is 5.32 Å². The van der Waals surface area contributed by atoms with E-state index in [1.807, 2.05) is 45.0 Å². The molecule has 0 saturated carbocycles. The molecule has 0 aliphatic carbocycles. The SMILES string of the molecule is COC(=O)C(COC[C@H](Cc1ccc(C)cc1)[C@@H](OCC(C)C)[C@H](C)O)NC(=O)OC(C)(C)C. The number of carbonyl (C=O) groups is 2. The number of carbonyl (C=O) groups excluding carboxylic acids is 2. The number of benzene rings is 1. The number of hydrogen-bond acceptors (Lipinski definition) is 7. The summed E-state index contributed by atoms with van der Waals surface area (Å²) in [7, 11) is 1.25. The first kappa shape index (κ1) is 29.9. The van der Waals surface area contributed by atoms with Gasteiger partial charge in [-0.05, 0) is 52.5 Å². The summed E-state index contributed by atoms with van der Waals surface area (Å²) in [6, 6.07) is 7.15. The average Bonchev–Trinajstić information content (AvgIpc) is 2.72. The molecule has 1 amide bonds. The second-order valence-corrected chi connectivity index (χ2v) is 10.1. The normalized spacial score (nSPS) is 15.4. The Kier molecular flexibility index (Phi) is 12.6. The average molecular weight is 482 g/mol. The molecule has 1 aromatic rings. The minimum absolute atomic E-state index is 0.104. The Labute approximate surface area is 204 Å². The summed E-state index contributed by atoms with van der Waals surface area (Å²) in [6.07, 6.45) is -1.28. The number of methoxy groups -OCH3 is 1. The molecule has 0 fully saturated rings. The van der Waals surface area contributed by atoms with E-state index in [1.54, 1.807) is 27.7 Å². The first-order valence-electron chi connectivity index (χ1n) is 11.8. The molecule has 1 unspecified atom stereocenters. The molecule has 8 nitrogen and oxygen atoms in total. The molecular formula is C26H43NO7. The van der Waals surface area contributed by atoms with Crippen LogP contribution in [0, 0.1) is 18.8 Å². The third-order valence-electron chi connectivity index (χ3n) is 4.97. The minimum Gasteiger partial charge on any atom is -0.467 e. The first-order valence-corrected chi connectivity index (χ1v) is 11.8. The first-order chi connectivity index (χ1) is 15.8. The van der Waals surface area contributed by atoms with Crippen LogP contribution in [0.15, 0.2) is 24.3 Å². The smallest absolute Gasteiger partial charge is 0.408 e. The van der Waals surface area contributed by atoms with Crippen LogP contribution in [0.3, 0.4) is 0 Å². The van der Waals surface area contributed by atoms with Crippen LogP contribution < -0.4 is 5.32 Å². The Morgan fingerprint density at radius 3 is 2.15 bits per heavy atom. The molecule has 0 radical (unpaired) electrons. The highest BCUT2D eigenvalue weighted by Crippen LogP contribution is 2.21. The number of aryl methyl sites for hydroxylation is 1. The van der Waals surface area contributed by atoms with E-state index in [4.69, 9.17) is 18.9 Å². The lowest BCUT2D eigenvalue weighted by Gasteiger charge is -2.31. The van der Waals surface area contributed by atoms with Gasteiger partial charge in [0.15, 0.2) is 6.04 Å². The maximum Gasteiger partial charge on any atom is 0.408 e. The Hall–Kier alpha value is -2.16. The third kappa shape index (κ3) is 11.8. The van der Waals surface area contributed by atoms with Gasteiger partial charge in [0.05, 0.1) is 32.5 Å². The van der Waals surface area contributed by atoms with Crippen LogP contribution in [0.25, 0.3) is 0 Å². The number of amides is 1. The minimum atomic E-state index is -1.03. The van der Waals surface area contributed by atoms with E-state index in [0.717, 1.165) is 11.1 Å². The number of rotatable bonds is 13. The van der Waals surface area contributed by atoms with Crippen LogP contribution in [0.5, 0.6) is 0 Å². The Bertz CT molecular complexity index is 741. The van der Waals surface area contributed by atoms with Gasteiger partial charge >= 0.3 is 12.1 Å². The van der Waals surface area contributed by atoms with Crippen molar-refractivity contribution in [2.24, 2.45) is 11.8 Å². The number of alkyl carbamates (subject to hydrolysis) is 1. The van der Waals surface area contributed by atoms with Crippen molar-refractivity contribution in [1.29, 1.82) is 0 Å². The largest absolute Gasteiger partial charge is 0.467 e. The fraction of sp³-hybridized carbons (Fsp3) is 0.692. The molecule has 0 spiro atoms. The molecule has 0 aromatic heterocycles. The van der Waals surface area contributed by atoms with Gasteiger partial charge in [-0.1, -0.05) is 43.7 Å². The highest BCUT2D eigenvalue weighted by Gasteiger charge is 2.30. The quantitative estimate of drug-likeness (QED) is 0.415. The van der Waals surface area contributed by atoms with E-state index in [0.29, 0.717) is 18.9 Å². The number of ether oxygens (including phenoxy) is 4. The Balaban J connectivity index is 2.93. The van der Waals surface area contributed by atoms with Crippen molar-refractivity contribution < 1.29 is 33.6 Å². The molecule has 34 heavy (non-hydrogen) atoms. The van der Waals surface area contributed by atoms with Crippen LogP contribution in [-0.2, 0) is 30.2 Å². The van der Waals surface area contributed by atoms with Gasteiger partial charge < -0.3 is 29.4 Å². The maximum atomic E-state index is 12.2. The van der Waals surface area contributed by atoms with E-state index in [1.165, 1.54) is 7.11 Å². The topological polar surface area (TPSA) is 103 Å². The van der Waals surface area contributed by atoms with Crippen molar-refractivity contribution in [1.82, 2.24) is 5.32 Å². The van der Waals surface area contributed by atoms with Gasteiger partial charge in [0.25, 0.3) is 0 Å². The van der Waals surface area contributed by atoms with Gasteiger partial charge in [-0.3, -0.25) is 0 Å². The highest BCUT2D eigenvalue weighted by molar-refractivity contribution is 5.81. The molecule has 2 N–H and O–H groups in total. The van der Waals surface area contributed by atoms with E-state index < -0.39 is 35.9 Å². The van der Waals surface area contributed by atoms with Crippen LogP contribution in [0.1, 0.15) is 52.7 Å². The summed E-state index contributed by atoms with van der Waals surface area (Å²) in [5, 5.41) is 13.0. The molecule has 8 heteroatoms. The summed E-state index contributed by atoms with van der Waals surface area (Å²) in [5.41, 5.74) is 1.55. The van der Waals surface area contributed by atoms with Crippen molar-refractivity contribution in [3.8, 4) is 0 Å². The van der Waals surface area contributed by atoms with E-state index >= 15 is 0 Å². The zero-order valence-electron chi connectivity index (χ0n) is 21.9. The molecular weight excluding hydrogens is 438 g/mol. The van der Waals surface area contributed by atoms with Crippen molar-refractivity contribution in [3.05, 3.63) is 35.4 Å². The van der Waals surface area contributed by atoms with E-state index in [-0.39, 0.29) is 19.1 Å².